The third-order valence-corrected chi connectivity index (χ3v) is 3.44. The molecule has 0 spiro atoms. The molecule has 0 aromatic heterocycles. The Morgan fingerprint density at radius 2 is 1.86 bits per heavy atom. The van der Waals surface area contributed by atoms with E-state index in [0.29, 0.717) is 30.0 Å². The van der Waals surface area contributed by atoms with E-state index in [9.17, 15) is 9.59 Å². The van der Waals surface area contributed by atoms with Gasteiger partial charge < -0.3 is 10.1 Å². The Balaban J connectivity index is 2.08. The molecule has 0 aliphatic rings. The maximum absolute atomic E-state index is 11.9. The zero-order chi connectivity index (χ0) is 15.5. The van der Waals surface area contributed by atoms with Gasteiger partial charge in [-0.1, -0.05) is 25.0 Å². The van der Waals surface area contributed by atoms with Crippen molar-refractivity contribution < 1.29 is 14.3 Å². The highest BCUT2D eigenvalue weighted by Gasteiger charge is 2.07. The summed E-state index contributed by atoms with van der Waals surface area (Å²) < 4.78 is 4.86. The van der Waals surface area contributed by atoms with Gasteiger partial charge in [-0.25, -0.2) is 0 Å². The summed E-state index contributed by atoms with van der Waals surface area (Å²) in [6, 6.07) is 7.23. The van der Waals surface area contributed by atoms with Gasteiger partial charge in [-0.3, -0.25) is 9.59 Å². The number of benzene rings is 1. The number of nitrogens with one attached hydrogen (secondary N) is 1. The van der Waals surface area contributed by atoms with E-state index in [-0.39, 0.29) is 11.9 Å². The fourth-order valence-corrected chi connectivity index (χ4v) is 2.21. The van der Waals surface area contributed by atoms with E-state index < -0.39 is 0 Å². The zero-order valence-corrected chi connectivity index (χ0v) is 13.3. The van der Waals surface area contributed by atoms with Crippen LogP contribution in [0.5, 0.6) is 0 Å². The van der Waals surface area contributed by atoms with Crippen LogP contribution in [0.25, 0.3) is 0 Å². The first-order valence-corrected chi connectivity index (χ1v) is 7.81. The lowest BCUT2D eigenvalue weighted by Gasteiger charge is -2.07. The standard InChI is InChI=1S/C16H23NO3S/c1-2-20-15(18)11-5-3-4-8-12-17-16(19)13-9-6-7-10-14(13)21/h6-7,9-10,21H,2-5,8,11-12H2,1H3,(H,17,19). The summed E-state index contributed by atoms with van der Waals surface area (Å²) in [6.07, 6.45) is 4.18. The third-order valence-electron chi connectivity index (χ3n) is 3.05. The van der Waals surface area contributed by atoms with E-state index in [1.54, 1.807) is 12.1 Å². The number of ether oxygens (including phenoxy) is 1. The van der Waals surface area contributed by atoms with Crippen molar-refractivity contribution in [2.45, 2.75) is 43.9 Å². The van der Waals surface area contributed by atoms with Crippen LogP contribution in [0.4, 0.5) is 0 Å². The van der Waals surface area contributed by atoms with Crippen LogP contribution in [-0.2, 0) is 9.53 Å². The van der Waals surface area contributed by atoms with Crippen LogP contribution in [-0.4, -0.2) is 25.0 Å². The molecular formula is C16H23NO3S. The normalized spacial score (nSPS) is 10.2. The topological polar surface area (TPSA) is 55.4 Å². The smallest absolute Gasteiger partial charge is 0.305 e. The van der Waals surface area contributed by atoms with Gasteiger partial charge in [-0.05, 0) is 31.9 Å². The first kappa shape index (κ1) is 17.6. The monoisotopic (exact) mass is 309 g/mol. The molecule has 0 unspecified atom stereocenters. The van der Waals surface area contributed by atoms with Crippen molar-refractivity contribution in [2.75, 3.05) is 13.2 Å². The number of carbonyl (C=O) groups is 2. The van der Waals surface area contributed by atoms with Crippen molar-refractivity contribution in [3.63, 3.8) is 0 Å². The first-order chi connectivity index (χ1) is 10.1. The Labute approximate surface area is 131 Å². The quantitative estimate of drug-likeness (QED) is 0.418. The minimum atomic E-state index is -0.129. The fraction of sp³-hybridized carbons (Fsp3) is 0.500. The van der Waals surface area contributed by atoms with Crippen LogP contribution in [0.2, 0.25) is 0 Å². The Morgan fingerprint density at radius 1 is 1.14 bits per heavy atom. The van der Waals surface area contributed by atoms with Gasteiger partial charge in [0.1, 0.15) is 0 Å². The number of unbranched alkanes of at least 4 members (excludes halogenated alkanes) is 3. The molecule has 1 amide bonds. The van der Waals surface area contributed by atoms with Crippen LogP contribution in [0.3, 0.4) is 0 Å². The molecule has 0 radical (unpaired) electrons. The van der Waals surface area contributed by atoms with Gasteiger partial charge in [0.15, 0.2) is 0 Å². The van der Waals surface area contributed by atoms with Crippen molar-refractivity contribution in [2.24, 2.45) is 0 Å². The maximum atomic E-state index is 11.9. The SMILES string of the molecule is CCOC(=O)CCCCCCNC(=O)c1ccccc1S. The first-order valence-electron chi connectivity index (χ1n) is 7.37. The van der Waals surface area contributed by atoms with Gasteiger partial charge in [0.25, 0.3) is 5.91 Å². The van der Waals surface area contributed by atoms with E-state index >= 15 is 0 Å². The summed E-state index contributed by atoms with van der Waals surface area (Å²) in [5.74, 6) is -0.219. The second kappa shape index (κ2) is 10.3. The summed E-state index contributed by atoms with van der Waals surface area (Å²) in [4.78, 5) is 23.7. The van der Waals surface area contributed by atoms with Crippen LogP contribution >= 0.6 is 12.6 Å². The number of hydrogen-bond donors (Lipinski definition) is 2. The van der Waals surface area contributed by atoms with Crippen LogP contribution in [0, 0.1) is 0 Å². The van der Waals surface area contributed by atoms with Gasteiger partial charge in [0.2, 0.25) is 0 Å². The molecule has 1 aromatic carbocycles. The number of hydrogen-bond acceptors (Lipinski definition) is 4. The summed E-state index contributed by atoms with van der Waals surface area (Å²) in [7, 11) is 0. The van der Waals surface area contributed by atoms with Crippen molar-refractivity contribution in [3.05, 3.63) is 29.8 Å². The van der Waals surface area contributed by atoms with E-state index in [1.807, 2.05) is 19.1 Å². The van der Waals surface area contributed by atoms with Crippen LogP contribution < -0.4 is 5.32 Å². The number of amides is 1. The average molecular weight is 309 g/mol. The summed E-state index contributed by atoms with van der Waals surface area (Å²) in [6.45, 7) is 2.89. The predicted molar refractivity (Wildman–Crippen MR) is 85.7 cm³/mol. The Morgan fingerprint density at radius 3 is 2.57 bits per heavy atom. The van der Waals surface area contributed by atoms with Crippen molar-refractivity contribution in [3.8, 4) is 0 Å². The Hall–Kier alpha value is -1.49. The lowest BCUT2D eigenvalue weighted by atomic mass is 10.1. The highest BCUT2D eigenvalue weighted by atomic mass is 32.1. The number of esters is 1. The van der Waals surface area contributed by atoms with Crippen LogP contribution in [0.15, 0.2) is 29.2 Å². The Kier molecular flexibility index (Phi) is 8.59. The molecule has 0 atom stereocenters. The van der Waals surface area contributed by atoms with Gasteiger partial charge in [0, 0.05) is 17.9 Å². The molecule has 0 aliphatic heterocycles. The third kappa shape index (κ3) is 7.18. The molecule has 0 aliphatic carbocycles. The van der Waals surface area contributed by atoms with Gasteiger partial charge in [-0.2, -0.15) is 0 Å². The molecule has 4 nitrogen and oxygen atoms in total. The van der Waals surface area contributed by atoms with E-state index in [0.717, 1.165) is 25.7 Å². The second-order valence-electron chi connectivity index (χ2n) is 4.74. The molecule has 1 N–H and O–H groups in total. The zero-order valence-electron chi connectivity index (χ0n) is 12.4. The molecule has 0 bridgehead atoms. The highest BCUT2D eigenvalue weighted by Crippen LogP contribution is 2.12. The molecule has 5 heteroatoms. The fourth-order valence-electron chi connectivity index (χ4n) is 1.94. The molecule has 1 rings (SSSR count). The lowest BCUT2D eigenvalue weighted by molar-refractivity contribution is -0.143. The molecule has 1 aromatic rings. The highest BCUT2D eigenvalue weighted by molar-refractivity contribution is 7.80. The molecular weight excluding hydrogens is 286 g/mol. The molecule has 0 fully saturated rings. The van der Waals surface area contributed by atoms with Gasteiger partial charge >= 0.3 is 5.97 Å². The molecule has 0 saturated carbocycles. The van der Waals surface area contributed by atoms with Crippen molar-refractivity contribution in [1.29, 1.82) is 0 Å². The van der Waals surface area contributed by atoms with Gasteiger partial charge in [0.05, 0.1) is 12.2 Å². The molecule has 0 heterocycles. The largest absolute Gasteiger partial charge is 0.466 e. The van der Waals surface area contributed by atoms with E-state index in [1.165, 1.54) is 0 Å². The van der Waals surface area contributed by atoms with E-state index in [2.05, 4.69) is 17.9 Å². The van der Waals surface area contributed by atoms with Crippen molar-refractivity contribution in [1.82, 2.24) is 5.32 Å². The minimum Gasteiger partial charge on any atom is -0.466 e. The second-order valence-corrected chi connectivity index (χ2v) is 5.22. The number of thiol groups is 1. The van der Waals surface area contributed by atoms with Crippen molar-refractivity contribution >= 4 is 24.5 Å². The number of rotatable bonds is 9. The van der Waals surface area contributed by atoms with E-state index in [4.69, 9.17) is 4.74 Å². The minimum absolute atomic E-state index is 0.0906. The molecule has 21 heavy (non-hydrogen) atoms. The van der Waals surface area contributed by atoms with Gasteiger partial charge in [-0.15, -0.1) is 12.6 Å². The summed E-state index contributed by atoms with van der Waals surface area (Å²) in [5.41, 5.74) is 0.600. The molecule has 116 valence electrons. The predicted octanol–water partition coefficient (Wildman–Crippen LogP) is 3.22. The Bertz CT molecular complexity index is 463. The maximum Gasteiger partial charge on any atom is 0.305 e. The average Bonchev–Trinajstić information content (AvgIpc) is 2.46. The lowest BCUT2D eigenvalue weighted by Crippen LogP contribution is -2.24. The summed E-state index contributed by atoms with van der Waals surface area (Å²) >= 11 is 4.26. The number of carbonyl (C=O) groups excluding carboxylic acids is 2. The summed E-state index contributed by atoms with van der Waals surface area (Å²) in [5, 5.41) is 2.88. The molecule has 0 saturated heterocycles. The van der Waals surface area contributed by atoms with Crippen LogP contribution in [0.1, 0.15) is 49.4 Å².